The van der Waals surface area contributed by atoms with Gasteiger partial charge >= 0.3 is 0 Å². The molecule has 5 nitrogen and oxygen atoms in total. The highest BCUT2D eigenvalue weighted by Crippen LogP contribution is 2.37. The predicted octanol–water partition coefficient (Wildman–Crippen LogP) is 2.88. The molecule has 1 heterocycles. The van der Waals surface area contributed by atoms with E-state index in [0.717, 1.165) is 27.5 Å². The number of para-hydroxylation sites is 1. The Morgan fingerprint density at radius 1 is 1.26 bits per heavy atom. The van der Waals surface area contributed by atoms with Gasteiger partial charge in [-0.15, -0.1) is 11.8 Å². The number of nitrogens with one attached hydrogen (secondary N) is 2. The molecule has 7 heteroatoms. The lowest BCUT2D eigenvalue weighted by molar-refractivity contribution is -0.885. The Balaban J connectivity index is 1.62. The van der Waals surface area contributed by atoms with Crippen molar-refractivity contribution in [2.24, 2.45) is 0 Å². The van der Waals surface area contributed by atoms with Crippen LogP contribution in [0.3, 0.4) is 0 Å². The Morgan fingerprint density at radius 3 is 2.85 bits per heavy atom. The molecule has 2 N–H and O–H groups in total. The average molecular weight is 408 g/mol. The minimum atomic E-state index is -0.0190. The van der Waals surface area contributed by atoms with Crippen molar-refractivity contribution < 1.29 is 19.2 Å². The summed E-state index contributed by atoms with van der Waals surface area (Å²) in [5.74, 6) is 1.28. The predicted molar refractivity (Wildman–Crippen MR) is 109 cm³/mol. The van der Waals surface area contributed by atoms with Crippen molar-refractivity contribution in [2.75, 3.05) is 38.4 Å². The van der Waals surface area contributed by atoms with Gasteiger partial charge in [0.05, 0.1) is 31.0 Å². The summed E-state index contributed by atoms with van der Waals surface area (Å²) in [4.78, 5) is 14.5. The molecule has 1 unspecified atom stereocenters. The molecule has 2 aromatic rings. The van der Waals surface area contributed by atoms with Crippen LogP contribution in [0.2, 0.25) is 5.02 Å². The monoisotopic (exact) mass is 407 g/mol. The van der Waals surface area contributed by atoms with E-state index in [1.165, 1.54) is 0 Å². The Labute approximate surface area is 169 Å². The molecule has 0 saturated carbocycles. The van der Waals surface area contributed by atoms with Gasteiger partial charge in [0.2, 0.25) is 0 Å². The first-order valence-electron chi connectivity index (χ1n) is 8.89. The smallest absolute Gasteiger partial charge is 0.279 e. The fourth-order valence-electron chi connectivity index (χ4n) is 3.01. The van der Waals surface area contributed by atoms with Crippen molar-refractivity contribution in [3.8, 4) is 11.5 Å². The van der Waals surface area contributed by atoms with E-state index >= 15 is 0 Å². The van der Waals surface area contributed by atoms with Crippen molar-refractivity contribution in [1.82, 2.24) is 0 Å². The van der Waals surface area contributed by atoms with E-state index in [2.05, 4.69) is 5.32 Å². The number of thioether (sulfide) groups is 1. The lowest BCUT2D eigenvalue weighted by Crippen LogP contribution is -3.08. The Hall–Kier alpha value is -1.89. The van der Waals surface area contributed by atoms with Crippen LogP contribution >= 0.6 is 23.4 Å². The summed E-state index contributed by atoms with van der Waals surface area (Å²) < 4.78 is 11.4. The third-order valence-corrected chi connectivity index (χ3v) is 5.29. The molecule has 27 heavy (non-hydrogen) atoms. The fourth-order valence-corrected chi connectivity index (χ4v) is 3.86. The molecular weight excluding hydrogens is 384 g/mol. The number of hydrogen-bond donors (Lipinski definition) is 2. The van der Waals surface area contributed by atoms with E-state index in [-0.39, 0.29) is 5.91 Å². The topological polar surface area (TPSA) is 52.0 Å². The number of hydrogen-bond acceptors (Lipinski definition) is 4. The maximum Gasteiger partial charge on any atom is 0.279 e. The van der Waals surface area contributed by atoms with Gasteiger partial charge < -0.3 is 19.7 Å². The van der Waals surface area contributed by atoms with Gasteiger partial charge in [-0.3, -0.25) is 4.79 Å². The van der Waals surface area contributed by atoms with Crippen LogP contribution in [-0.4, -0.2) is 39.0 Å². The van der Waals surface area contributed by atoms with Crippen LogP contribution in [0, 0.1) is 0 Å². The molecule has 0 aromatic heterocycles. The zero-order valence-corrected chi connectivity index (χ0v) is 17.1. The van der Waals surface area contributed by atoms with Gasteiger partial charge in [-0.2, -0.15) is 0 Å². The van der Waals surface area contributed by atoms with Gasteiger partial charge in [0, 0.05) is 16.9 Å². The maximum atomic E-state index is 12.4. The third kappa shape index (κ3) is 5.31. The van der Waals surface area contributed by atoms with E-state index in [0.29, 0.717) is 42.8 Å². The van der Waals surface area contributed by atoms with Gasteiger partial charge in [0.15, 0.2) is 18.0 Å². The molecular formula is C20H24ClN2O3S+. The molecule has 0 radical (unpaired) electrons. The zero-order valence-electron chi connectivity index (χ0n) is 15.5. The largest absolute Gasteiger partial charge is 0.489 e. The van der Waals surface area contributed by atoms with Crippen molar-refractivity contribution in [3.05, 3.63) is 47.0 Å². The number of rotatable bonds is 6. The van der Waals surface area contributed by atoms with Gasteiger partial charge in [0.1, 0.15) is 6.54 Å². The molecule has 3 rings (SSSR count). The molecule has 1 amide bonds. The van der Waals surface area contributed by atoms with Crippen LogP contribution in [-0.2, 0) is 11.3 Å². The first kappa shape index (κ1) is 19.9. The van der Waals surface area contributed by atoms with Crippen LogP contribution < -0.4 is 19.7 Å². The molecule has 0 bridgehead atoms. The summed E-state index contributed by atoms with van der Waals surface area (Å²) in [7, 11) is 1.98. The molecule has 0 saturated heterocycles. The summed E-state index contributed by atoms with van der Waals surface area (Å²) in [5, 5.41) is 3.55. The van der Waals surface area contributed by atoms with Gasteiger partial charge in [0.25, 0.3) is 5.91 Å². The summed E-state index contributed by atoms with van der Waals surface area (Å²) in [6.45, 7) is 2.24. The number of carbonyl (C=O) groups excluding carboxylic acids is 1. The summed E-state index contributed by atoms with van der Waals surface area (Å²) in [6, 6.07) is 11.6. The van der Waals surface area contributed by atoms with E-state index in [4.69, 9.17) is 21.1 Å². The van der Waals surface area contributed by atoms with E-state index in [1.807, 2.05) is 49.7 Å². The lowest BCUT2D eigenvalue weighted by Gasteiger charge is -2.16. The first-order chi connectivity index (χ1) is 13.1. The van der Waals surface area contributed by atoms with Crippen LogP contribution in [0.4, 0.5) is 5.69 Å². The molecule has 0 aliphatic carbocycles. The number of amides is 1. The Morgan fingerprint density at radius 2 is 2.04 bits per heavy atom. The summed E-state index contributed by atoms with van der Waals surface area (Å²) >= 11 is 7.97. The highest BCUT2D eigenvalue weighted by atomic mass is 35.5. The van der Waals surface area contributed by atoms with Crippen molar-refractivity contribution in [1.29, 1.82) is 0 Å². The zero-order chi connectivity index (χ0) is 19.2. The molecule has 2 aromatic carbocycles. The normalized spacial score (nSPS) is 14.3. The van der Waals surface area contributed by atoms with Crippen LogP contribution in [0.15, 0.2) is 41.3 Å². The van der Waals surface area contributed by atoms with Crippen molar-refractivity contribution >= 4 is 35.0 Å². The maximum absolute atomic E-state index is 12.4. The van der Waals surface area contributed by atoms with E-state index < -0.39 is 0 Å². The Bertz CT molecular complexity index is 816. The number of anilines is 1. The SMILES string of the molecule is CSc1ccccc1NC(=O)C[NH+](C)Cc1cc(Cl)c2c(c1)OCCCO2. The average Bonchev–Trinajstić information content (AvgIpc) is 2.87. The van der Waals surface area contributed by atoms with Crippen LogP contribution in [0.5, 0.6) is 11.5 Å². The minimum Gasteiger partial charge on any atom is -0.489 e. The molecule has 1 aliphatic rings. The third-order valence-electron chi connectivity index (χ3n) is 4.21. The van der Waals surface area contributed by atoms with Crippen LogP contribution in [0.25, 0.3) is 0 Å². The van der Waals surface area contributed by atoms with Crippen molar-refractivity contribution in [2.45, 2.75) is 17.9 Å². The van der Waals surface area contributed by atoms with E-state index in [1.54, 1.807) is 11.8 Å². The summed E-state index contributed by atoms with van der Waals surface area (Å²) in [6.07, 6.45) is 2.83. The van der Waals surface area contributed by atoms with Gasteiger partial charge in [-0.1, -0.05) is 23.7 Å². The molecule has 0 spiro atoms. The van der Waals surface area contributed by atoms with Crippen molar-refractivity contribution in [3.63, 3.8) is 0 Å². The number of quaternary nitrogens is 1. The van der Waals surface area contributed by atoms with Gasteiger partial charge in [-0.05, 0) is 30.5 Å². The number of carbonyl (C=O) groups is 1. The standard InChI is InChI=1S/C20H23ClN2O3S/c1-23(13-19(24)22-16-6-3-4-7-18(16)27-2)12-14-10-15(21)20-17(11-14)25-8-5-9-26-20/h3-4,6-7,10-11H,5,8-9,12-13H2,1-2H3,(H,22,24)/p+1. The van der Waals surface area contributed by atoms with Crippen LogP contribution in [0.1, 0.15) is 12.0 Å². The number of halogens is 1. The minimum absolute atomic E-state index is 0.0190. The highest BCUT2D eigenvalue weighted by molar-refractivity contribution is 7.98. The molecule has 1 aliphatic heterocycles. The second-order valence-corrected chi connectivity index (χ2v) is 7.77. The quantitative estimate of drug-likeness (QED) is 0.723. The number of likely N-dealkylation sites (N-methyl/N-ethyl adjacent to an activating group) is 1. The number of ether oxygens (including phenoxy) is 2. The second kappa shape index (κ2) is 9.35. The number of fused-ring (bicyclic) bond motifs is 1. The summed E-state index contributed by atoms with van der Waals surface area (Å²) in [5.41, 5.74) is 1.86. The highest BCUT2D eigenvalue weighted by Gasteiger charge is 2.18. The first-order valence-corrected chi connectivity index (χ1v) is 10.5. The van der Waals surface area contributed by atoms with Gasteiger partial charge in [-0.25, -0.2) is 0 Å². The second-order valence-electron chi connectivity index (χ2n) is 6.51. The fraction of sp³-hybridized carbons (Fsp3) is 0.350. The Kier molecular flexibility index (Phi) is 6.88. The molecule has 0 fully saturated rings. The lowest BCUT2D eigenvalue weighted by atomic mass is 10.2. The molecule has 1 atom stereocenters. The number of benzene rings is 2. The van der Waals surface area contributed by atoms with E-state index in [9.17, 15) is 4.79 Å². The molecule has 144 valence electrons.